The maximum absolute atomic E-state index is 13.0. The molecule has 0 aliphatic carbocycles. The number of halogens is 2. The second kappa shape index (κ2) is 8.12. The van der Waals surface area contributed by atoms with Gasteiger partial charge in [0.2, 0.25) is 5.89 Å². The molecule has 0 bridgehead atoms. The van der Waals surface area contributed by atoms with Gasteiger partial charge in [-0.25, -0.2) is 9.37 Å². The van der Waals surface area contributed by atoms with Crippen LogP contribution in [0.15, 0.2) is 59.2 Å². The van der Waals surface area contributed by atoms with E-state index in [0.29, 0.717) is 36.1 Å². The number of carbonyl (C=O) groups is 1. The third-order valence-corrected chi connectivity index (χ3v) is 5.03. The van der Waals surface area contributed by atoms with Crippen LogP contribution in [0.4, 0.5) is 4.39 Å². The van der Waals surface area contributed by atoms with Crippen molar-refractivity contribution < 1.29 is 13.6 Å². The van der Waals surface area contributed by atoms with Gasteiger partial charge in [-0.15, -0.1) is 0 Å². The van der Waals surface area contributed by atoms with Crippen molar-refractivity contribution in [2.24, 2.45) is 0 Å². The SMILES string of the molecule is O=C(c1ccc(Cl)cc1)N1CCN(Cc2coc(-c3ccc(F)cc3)n2)CC1. The highest BCUT2D eigenvalue weighted by Crippen LogP contribution is 2.20. The van der Waals surface area contributed by atoms with Crippen LogP contribution in [0.1, 0.15) is 16.1 Å². The zero-order valence-electron chi connectivity index (χ0n) is 15.1. The van der Waals surface area contributed by atoms with Crippen LogP contribution in [0.25, 0.3) is 11.5 Å². The van der Waals surface area contributed by atoms with Gasteiger partial charge in [0.05, 0.1) is 5.69 Å². The third kappa shape index (κ3) is 4.24. The Morgan fingerprint density at radius 2 is 1.71 bits per heavy atom. The summed E-state index contributed by atoms with van der Waals surface area (Å²) < 4.78 is 18.6. The smallest absolute Gasteiger partial charge is 0.253 e. The van der Waals surface area contributed by atoms with Crippen molar-refractivity contribution in [2.75, 3.05) is 26.2 Å². The van der Waals surface area contributed by atoms with Crippen LogP contribution >= 0.6 is 11.6 Å². The fourth-order valence-corrected chi connectivity index (χ4v) is 3.34. The number of amides is 1. The Balaban J connectivity index is 1.33. The first-order valence-electron chi connectivity index (χ1n) is 9.06. The van der Waals surface area contributed by atoms with E-state index < -0.39 is 0 Å². The normalized spacial score (nSPS) is 15.0. The number of rotatable bonds is 4. The summed E-state index contributed by atoms with van der Waals surface area (Å²) in [7, 11) is 0. The molecule has 1 amide bonds. The summed E-state index contributed by atoms with van der Waals surface area (Å²) in [5.41, 5.74) is 2.21. The van der Waals surface area contributed by atoms with Crippen LogP contribution in [0.5, 0.6) is 0 Å². The van der Waals surface area contributed by atoms with Crippen molar-refractivity contribution in [1.82, 2.24) is 14.8 Å². The predicted octanol–water partition coefficient (Wildman–Crippen LogP) is 4.09. The zero-order chi connectivity index (χ0) is 19.5. The van der Waals surface area contributed by atoms with E-state index in [4.69, 9.17) is 16.0 Å². The highest BCUT2D eigenvalue weighted by atomic mass is 35.5. The van der Waals surface area contributed by atoms with Crippen LogP contribution in [-0.2, 0) is 6.54 Å². The van der Waals surface area contributed by atoms with Crippen LogP contribution in [-0.4, -0.2) is 46.9 Å². The Labute approximate surface area is 167 Å². The zero-order valence-corrected chi connectivity index (χ0v) is 15.9. The van der Waals surface area contributed by atoms with Gasteiger partial charge in [0.1, 0.15) is 12.1 Å². The Kier molecular flexibility index (Phi) is 5.41. The summed E-state index contributed by atoms with van der Waals surface area (Å²) in [6.07, 6.45) is 1.63. The molecule has 0 radical (unpaired) electrons. The summed E-state index contributed by atoms with van der Waals surface area (Å²) in [6.45, 7) is 3.48. The number of aromatic nitrogens is 1. The molecule has 0 spiro atoms. The molecule has 2 heterocycles. The van der Waals surface area contributed by atoms with Gasteiger partial charge in [0.15, 0.2) is 0 Å². The molecule has 144 valence electrons. The molecular weight excluding hydrogens is 381 g/mol. The first-order chi connectivity index (χ1) is 13.6. The average molecular weight is 400 g/mol. The van der Waals surface area contributed by atoms with Crippen molar-refractivity contribution in [3.8, 4) is 11.5 Å². The minimum Gasteiger partial charge on any atom is -0.444 e. The molecule has 1 saturated heterocycles. The van der Waals surface area contributed by atoms with Gasteiger partial charge >= 0.3 is 0 Å². The predicted molar refractivity (Wildman–Crippen MR) is 105 cm³/mol. The van der Waals surface area contributed by atoms with Crippen molar-refractivity contribution in [2.45, 2.75) is 6.54 Å². The molecular formula is C21H19ClFN3O2. The fraction of sp³-hybridized carbons (Fsp3) is 0.238. The topological polar surface area (TPSA) is 49.6 Å². The molecule has 0 atom stereocenters. The highest BCUT2D eigenvalue weighted by molar-refractivity contribution is 6.30. The van der Waals surface area contributed by atoms with Crippen molar-refractivity contribution in [1.29, 1.82) is 0 Å². The first kappa shape index (κ1) is 18.7. The van der Waals surface area contributed by atoms with E-state index in [1.165, 1.54) is 12.1 Å². The molecule has 7 heteroatoms. The molecule has 28 heavy (non-hydrogen) atoms. The molecule has 1 aliphatic rings. The second-order valence-corrected chi connectivity index (χ2v) is 7.16. The molecule has 0 unspecified atom stereocenters. The Morgan fingerprint density at radius 1 is 1.04 bits per heavy atom. The molecule has 3 aromatic rings. The van der Waals surface area contributed by atoms with Crippen molar-refractivity contribution in [3.63, 3.8) is 0 Å². The van der Waals surface area contributed by atoms with Crippen LogP contribution in [0, 0.1) is 5.82 Å². The van der Waals surface area contributed by atoms with Crippen LogP contribution in [0.2, 0.25) is 5.02 Å². The van der Waals surface area contributed by atoms with Gasteiger partial charge in [0.25, 0.3) is 5.91 Å². The molecule has 5 nitrogen and oxygen atoms in total. The van der Waals surface area contributed by atoms with E-state index in [1.54, 1.807) is 42.7 Å². The number of oxazole rings is 1. The number of benzene rings is 2. The molecule has 2 aromatic carbocycles. The van der Waals surface area contributed by atoms with Gasteiger partial charge in [-0.1, -0.05) is 11.6 Å². The van der Waals surface area contributed by atoms with Crippen LogP contribution < -0.4 is 0 Å². The van der Waals surface area contributed by atoms with E-state index in [-0.39, 0.29) is 11.7 Å². The van der Waals surface area contributed by atoms with Crippen molar-refractivity contribution >= 4 is 17.5 Å². The van der Waals surface area contributed by atoms with Gasteiger partial charge in [-0.2, -0.15) is 0 Å². The van der Waals surface area contributed by atoms with Crippen molar-refractivity contribution in [3.05, 3.63) is 76.9 Å². The lowest BCUT2D eigenvalue weighted by Crippen LogP contribution is -2.48. The second-order valence-electron chi connectivity index (χ2n) is 6.73. The summed E-state index contributed by atoms with van der Waals surface area (Å²) in [4.78, 5) is 21.1. The molecule has 0 N–H and O–H groups in total. The lowest BCUT2D eigenvalue weighted by Gasteiger charge is -2.34. The Morgan fingerprint density at radius 3 is 2.39 bits per heavy atom. The summed E-state index contributed by atoms with van der Waals surface area (Å²) >= 11 is 5.88. The molecule has 1 aromatic heterocycles. The monoisotopic (exact) mass is 399 g/mol. The van der Waals surface area contributed by atoms with Gasteiger partial charge in [-0.3, -0.25) is 9.69 Å². The minimum absolute atomic E-state index is 0.0244. The van der Waals surface area contributed by atoms with E-state index >= 15 is 0 Å². The number of nitrogens with zero attached hydrogens (tertiary/aromatic N) is 3. The van der Waals surface area contributed by atoms with E-state index in [1.807, 2.05) is 4.90 Å². The number of carbonyl (C=O) groups excluding carboxylic acids is 1. The number of hydrogen-bond donors (Lipinski definition) is 0. The average Bonchev–Trinajstić information content (AvgIpc) is 3.18. The van der Waals surface area contributed by atoms with Gasteiger partial charge in [0, 0.05) is 48.9 Å². The first-order valence-corrected chi connectivity index (χ1v) is 9.44. The van der Waals surface area contributed by atoms with Gasteiger partial charge in [-0.05, 0) is 48.5 Å². The minimum atomic E-state index is -0.290. The largest absolute Gasteiger partial charge is 0.444 e. The molecule has 0 saturated carbocycles. The van der Waals surface area contributed by atoms with E-state index in [0.717, 1.165) is 24.3 Å². The maximum atomic E-state index is 13.0. The van der Waals surface area contributed by atoms with E-state index in [2.05, 4.69) is 9.88 Å². The summed E-state index contributed by atoms with van der Waals surface area (Å²) in [5, 5.41) is 0.619. The Hall–Kier alpha value is -2.70. The summed E-state index contributed by atoms with van der Waals surface area (Å²) in [5.74, 6) is 0.212. The van der Waals surface area contributed by atoms with Crippen LogP contribution in [0.3, 0.4) is 0 Å². The maximum Gasteiger partial charge on any atom is 0.253 e. The Bertz CT molecular complexity index is 949. The molecule has 1 fully saturated rings. The lowest BCUT2D eigenvalue weighted by molar-refractivity contribution is 0.0627. The number of piperazine rings is 1. The van der Waals surface area contributed by atoms with Gasteiger partial charge < -0.3 is 9.32 Å². The highest BCUT2D eigenvalue weighted by Gasteiger charge is 2.23. The standard InChI is InChI=1S/C21H19ClFN3O2/c22-17-5-1-16(2-6-17)21(27)26-11-9-25(10-12-26)13-19-14-28-20(24-19)15-3-7-18(23)8-4-15/h1-8,14H,9-13H2. The lowest BCUT2D eigenvalue weighted by atomic mass is 10.2. The third-order valence-electron chi connectivity index (χ3n) is 4.78. The molecule has 4 rings (SSSR count). The molecule has 1 aliphatic heterocycles. The van der Waals surface area contributed by atoms with E-state index in [9.17, 15) is 9.18 Å². The number of hydrogen-bond acceptors (Lipinski definition) is 4. The quantitative estimate of drug-likeness (QED) is 0.663. The summed E-state index contributed by atoms with van der Waals surface area (Å²) in [6, 6.07) is 13.0. The fourth-order valence-electron chi connectivity index (χ4n) is 3.22.